The van der Waals surface area contributed by atoms with Crippen LogP contribution in [-0.4, -0.2) is 25.2 Å². The van der Waals surface area contributed by atoms with Crippen molar-refractivity contribution in [3.05, 3.63) is 53.1 Å². The molecule has 4 heteroatoms. The molecule has 0 aromatic heterocycles. The highest BCUT2D eigenvalue weighted by molar-refractivity contribution is 6.07. The van der Waals surface area contributed by atoms with Crippen LogP contribution in [0.2, 0.25) is 0 Å². The summed E-state index contributed by atoms with van der Waals surface area (Å²) in [5, 5.41) is 0. The molecular formula is C20H25NO3. The molecule has 0 bridgehead atoms. The van der Waals surface area contributed by atoms with Crippen molar-refractivity contribution in [2.45, 2.75) is 45.9 Å². The van der Waals surface area contributed by atoms with Crippen molar-refractivity contribution in [3.63, 3.8) is 0 Å². The molecule has 0 N–H and O–H groups in total. The van der Waals surface area contributed by atoms with Gasteiger partial charge in [0, 0.05) is 5.56 Å². The number of nitrogens with zero attached hydrogens (tertiary/aromatic N) is 1. The predicted molar refractivity (Wildman–Crippen MR) is 94.9 cm³/mol. The Hall–Kier alpha value is -1.91. The lowest BCUT2D eigenvalue weighted by Crippen LogP contribution is -2.49. The Balaban J connectivity index is 2.11. The molecule has 0 radical (unpaired) electrons. The molecule has 1 atom stereocenters. The van der Waals surface area contributed by atoms with Gasteiger partial charge in [0.05, 0.1) is 24.9 Å². The molecule has 1 unspecified atom stereocenters. The number of allylic oxidation sites excluding steroid dienone is 2. The highest BCUT2D eigenvalue weighted by atomic mass is 16.7. The first-order valence-corrected chi connectivity index (χ1v) is 8.56. The molecule has 4 nitrogen and oxygen atoms in total. The predicted octanol–water partition coefficient (Wildman–Crippen LogP) is 3.84. The smallest absolute Gasteiger partial charge is 0.293 e. The van der Waals surface area contributed by atoms with Crippen LogP contribution in [0, 0.1) is 6.92 Å². The van der Waals surface area contributed by atoms with Crippen molar-refractivity contribution in [3.8, 4) is 0 Å². The third kappa shape index (κ3) is 2.50. The summed E-state index contributed by atoms with van der Waals surface area (Å²) in [6, 6.07) is 5.95. The van der Waals surface area contributed by atoms with Gasteiger partial charge in [-0.25, -0.2) is 0 Å². The Morgan fingerprint density at radius 1 is 1.29 bits per heavy atom. The van der Waals surface area contributed by atoms with Gasteiger partial charge >= 0.3 is 0 Å². The monoisotopic (exact) mass is 327 g/mol. The Morgan fingerprint density at radius 2 is 2.00 bits per heavy atom. The molecule has 2 heterocycles. The van der Waals surface area contributed by atoms with Gasteiger partial charge in [0.25, 0.3) is 11.7 Å². The van der Waals surface area contributed by atoms with Crippen LogP contribution in [0.5, 0.6) is 0 Å². The van der Waals surface area contributed by atoms with Gasteiger partial charge in [-0.15, -0.1) is 0 Å². The second-order valence-electron chi connectivity index (χ2n) is 6.33. The van der Waals surface area contributed by atoms with E-state index >= 15 is 0 Å². The van der Waals surface area contributed by atoms with Crippen molar-refractivity contribution in [2.75, 3.05) is 18.1 Å². The Kier molecular flexibility index (Phi) is 4.61. The Morgan fingerprint density at radius 3 is 2.62 bits per heavy atom. The molecule has 128 valence electrons. The SMILES string of the molecule is C/C=C\C(=C/C)C(C)N1C(=O)C2(OCCCO2)c2cc(C)ccc21. The molecule has 1 aromatic rings. The third-order valence-corrected chi connectivity index (χ3v) is 4.73. The van der Waals surface area contributed by atoms with Gasteiger partial charge in [-0.2, -0.15) is 0 Å². The lowest BCUT2D eigenvalue weighted by atomic mass is 10.0. The highest BCUT2D eigenvalue weighted by Gasteiger charge is 2.56. The summed E-state index contributed by atoms with van der Waals surface area (Å²) in [4.78, 5) is 15.2. The minimum atomic E-state index is -1.28. The van der Waals surface area contributed by atoms with Gasteiger partial charge in [0.15, 0.2) is 0 Å². The van der Waals surface area contributed by atoms with Crippen molar-refractivity contribution in [1.29, 1.82) is 0 Å². The summed E-state index contributed by atoms with van der Waals surface area (Å²) in [7, 11) is 0. The lowest BCUT2D eigenvalue weighted by molar-refractivity contribution is -0.256. The maximum Gasteiger partial charge on any atom is 0.293 e. The van der Waals surface area contributed by atoms with Crippen LogP contribution in [-0.2, 0) is 20.1 Å². The van der Waals surface area contributed by atoms with Gasteiger partial charge < -0.3 is 9.47 Å². The molecule has 1 aromatic carbocycles. The van der Waals surface area contributed by atoms with Crippen molar-refractivity contribution < 1.29 is 14.3 Å². The molecule has 2 aliphatic heterocycles. The van der Waals surface area contributed by atoms with Crippen molar-refractivity contribution in [1.82, 2.24) is 0 Å². The largest absolute Gasteiger partial charge is 0.338 e. The number of carbonyl (C=O) groups is 1. The number of benzene rings is 1. The number of carbonyl (C=O) groups excluding carboxylic acids is 1. The summed E-state index contributed by atoms with van der Waals surface area (Å²) >= 11 is 0. The number of aryl methyl sites for hydroxylation is 1. The summed E-state index contributed by atoms with van der Waals surface area (Å²) < 4.78 is 11.8. The van der Waals surface area contributed by atoms with Gasteiger partial charge in [0.2, 0.25) is 0 Å². The molecule has 1 amide bonds. The summed E-state index contributed by atoms with van der Waals surface area (Å²) in [5.74, 6) is -1.40. The minimum absolute atomic E-state index is 0.0892. The van der Waals surface area contributed by atoms with Crippen LogP contribution < -0.4 is 4.90 Å². The Bertz CT molecular complexity index is 699. The number of ether oxygens (including phenoxy) is 2. The van der Waals surface area contributed by atoms with Crippen LogP contribution in [0.15, 0.2) is 42.0 Å². The van der Waals surface area contributed by atoms with E-state index < -0.39 is 5.79 Å². The van der Waals surface area contributed by atoms with E-state index in [4.69, 9.17) is 9.47 Å². The average Bonchev–Trinajstić information content (AvgIpc) is 2.82. The normalized spacial score (nSPS) is 21.6. The first-order valence-electron chi connectivity index (χ1n) is 8.56. The number of anilines is 1. The maximum atomic E-state index is 13.3. The molecule has 1 saturated heterocycles. The molecule has 24 heavy (non-hydrogen) atoms. The zero-order valence-corrected chi connectivity index (χ0v) is 14.8. The lowest BCUT2D eigenvalue weighted by Gasteiger charge is -2.34. The molecule has 0 saturated carbocycles. The van der Waals surface area contributed by atoms with Gasteiger partial charge in [0.1, 0.15) is 0 Å². The minimum Gasteiger partial charge on any atom is -0.338 e. The molecule has 0 aliphatic carbocycles. The van der Waals surface area contributed by atoms with Gasteiger partial charge in [-0.1, -0.05) is 29.9 Å². The van der Waals surface area contributed by atoms with Crippen molar-refractivity contribution in [2.24, 2.45) is 0 Å². The summed E-state index contributed by atoms with van der Waals surface area (Å²) in [6.07, 6.45) is 6.88. The quantitative estimate of drug-likeness (QED) is 0.792. The molecule has 2 aliphatic rings. The zero-order valence-electron chi connectivity index (χ0n) is 14.8. The van der Waals surface area contributed by atoms with E-state index in [1.165, 1.54) is 0 Å². The molecular weight excluding hydrogens is 302 g/mol. The summed E-state index contributed by atoms with van der Waals surface area (Å²) in [6.45, 7) is 9.10. The van der Waals surface area contributed by atoms with Gasteiger partial charge in [-0.05, 0) is 51.8 Å². The van der Waals surface area contributed by atoms with Crippen LogP contribution in [0.25, 0.3) is 0 Å². The number of amides is 1. The van der Waals surface area contributed by atoms with Crippen LogP contribution in [0.3, 0.4) is 0 Å². The number of rotatable bonds is 3. The highest BCUT2D eigenvalue weighted by Crippen LogP contribution is 2.47. The fourth-order valence-corrected chi connectivity index (χ4v) is 3.52. The second kappa shape index (κ2) is 6.54. The van der Waals surface area contributed by atoms with E-state index in [-0.39, 0.29) is 11.9 Å². The van der Waals surface area contributed by atoms with E-state index in [9.17, 15) is 4.79 Å². The fraction of sp³-hybridized carbons (Fsp3) is 0.450. The average molecular weight is 327 g/mol. The summed E-state index contributed by atoms with van der Waals surface area (Å²) in [5.41, 5.74) is 3.89. The first-order chi connectivity index (χ1) is 11.5. The molecule has 1 fully saturated rings. The number of hydrogen-bond donors (Lipinski definition) is 0. The van der Waals surface area contributed by atoms with Gasteiger partial charge in [-0.3, -0.25) is 9.69 Å². The van der Waals surface area contributed by atoms with E-state index in [0.29, 0.717) is 13.2 Å². The third-order valence-electron chi connectivity index (χ3n) is 4.73. The van der Waals surface area contributed by atoms with E-state index in [1.54, 1.807) is 0 Å². The van der Waals surface area contributed by atoms with Crippen LogP contribution >= 0.6 is 0 Å². The van der Waals surface area contributed by atoms with Crippen molar-refractivity contribution >= 4 is 11.6 Å². The second-order valence-corrected chi connectivity index (χ2v) is 6.33. The van der Waals surface area contributed by atoms with E-state index in [1.807, 2.05) is 69.0 Å². The Labute approximate surface area is 143 Å². The fourth-order valence-electron chi connectivity index (χ4n) is 3.52. The molecule has 1 spiro atoms. The molecule has 3 rings (SSSR count). The van der Waals surface area contributed by atoms with E-state index in [0.717, 1.165) is 28.8 Å². The van der Waals surface area contributed by atoms with Crippen LogP contribution in [0.4, 0.5) is 5.69 Å². The van der Waals surface area contributed by atoms with Crippen LogP contribution in [0.1, 0.15) is 38.3 Å². The maximum absolute atomic E-state index is 13.3. The number of hydrogen-bond acceptors (Lipinski definition) is 3. The number of fused-ring (bicyclic) bond motifs is 2. The first kappa shape index (κ1) is 16.9. The topological polar surface area (TPSA) is 38.8 Å². The zero-order chi connectivity index (χ0) is 17.3. The standard InChI is InChI=1S/C20H25NO3/c1-5-8-16(6-2)15(4)21-18-10-9-14(3)13-17(18)20(19(21)22)23-11-7-12-24-20/h5-6,8-10,13,15H,7,11-12H2,1-4H3/b8-5-,16-6+. The van der Waals surface area contributed by atoms with E-state index in [2.05, 4.69) is 0 Å².